The SMILES string of the molecule is [2H]c1c([2H])c(-c2[nH]c3ccccc3c2C(C)C(=O)N[C@@H]2C(=O)NC[C@H]2O)c([2H])c([2H])c1F. The molecule has 1 aliphatic rings. The van der Waals surface area contributed by atoms with Gasteiger partial charge in [-0.3, -0.25) is 9.59 Å². The van der Waals surface area contributed by atoms with E-state index in [-0.39, 0.29) is 17.8 Å². The molecule has 6 nitrogen and oxygen atoms in total. The van der Waals surface area contributed by atoms with Crippen LogP contribution in [0.4, 0.5) is 4.39 Å². The van der Waals surface area contributed by atoms with Crippen molar-refractivity contribution in [2.75, 3.05) is 6.54 Å². The number of fused-ring (bicyclic) bond motifs is 1. The van der Waals surface area contributed by atoms with Gasteiger partial charge in [0.25, 0.3) is 0 Å². The van der Waals surface area contributed by atoms with Gasteiger partial charge in [0.15, 0.2) is 0 Å². The number of nitrogens with one attached hydrogen (secondary N) is 3. The molecule has 28 heavy (non-hydrogen) atoms. The number of para-hydroxylation sites is 1. The van der Waals surface area contributed by atoms with Gasteiger partial charge in [-0.15, -0.1) is 0 Å². The molecule has 1 saturated heterocycles. The summed E-state index contributed by atoms with van der Waals surface area (Å²) < 4.78 is 46.2. The lowest BCUT2D eigenvalue weighted by Gasteiger charge is -2.18. The van der Waals surface area contributed by atoms with E-state index in [1.807, 2.05) is 0 Å². The number of hydrogen-bond donors (Lipinski definition) is 4. The molecule has 1 aliphatic heterocycles. The van der Waals surface area contributed by atoms with Gasteiger partial charge in [-0.25, -0.2) is 4.39 Å². The van der Waals surface area contributed by atoms with Crippen LogP contribution in [-0.4, -0.2) is 40.6 Å². The lowest BCUT2D eigenvalue weighted by Crippen LogP contribution is -2.46. The monoisotopic (exact) mass is 385 g/mol. The van der Waals surface area contributed by atoms with Gasteiger partial charge in [0.05, 0.1) is 17.1 Å². The summed E-state index contributed by atoms with van der Waals surface area (Å²) in [5.41, 5.74) is 0.948. The highest BCUT2D eigenvalue weighted by Gasteiger charge is 2.36. The molecule has 1 fully saturated rings. The minimum Gasteiger partial charge on any atom is -0.389 e. The molecule has 3 atom stereocenters. The summed E-state index contributed by atoms with van der Waals surface area (Å²) in [6.07, 6.45) is -1.07. The molecule has 2 amide bonds. The molecule has 4 N–H and O–H groups in total. The van der Waals surface area contributed by atoms with Gasteiger partial charge in [-0.1, -0.05) is 18.2 Å². The number of amides is 2. The van der Waals surface area contributed by atoms with E-state index in [1.165, 1.54) is 0 Å². The Morgan fingerprint density at radius 3 is 2.71 bits per heavy atom. The lowest BCUT2D eigenvalue weighted by atomic mass is 9.93. The van der Waals surface area contributed by atoms with Gasteiger partial charge in [0.2, 0.25) is 11.8 Å². The number of carbonyl (C=O) groups excluding carboxylic acids is 2. The number of rotatable bonds is 4. The van der Waals surface area contributed by atoms with Crippen molar-refractivity contribution in [3.63, 3.8) is 0 Å². The highest BCUT2D eigenvalue weighted by atomic mass is 19.1. The van der Waals surface area contributed by atoms with Gasteiger partial charge in [-0.05, 0) is 48.3 Å². The Bertz CT molecular complexity index is 1230. The second kappa shape index (κ2) is 7.09. The van der Waals surface area contributed by atoms with Crippen molar-refractivity contribution in [2.45, 2.75) is 25.0 Å². The van der Waals surface area contributed by atoms with E-state index in [4.69, 9.17) is 5.48 Å². The molecule has 0 radical (unpaired) electrons. The molecule has 0 spiro atoms. The fraction of sp³-hybridized carbons (Fsp3) is 0.238. The van der Waals surface area contributed by atoms with E-state index in [0.717, 1.165) is 0 Å². The quantitative estimate of drug-likeness (QED) is 0.554. The van der Waals surface area contributed by atoms with E-state index < -0.39 is 59.9 Å². The van der Waals surface area contributed by atoms with Crippen LogP contribution in [-0.2, 0) is 9.59 Å². The number of β-amino-alcohol motifs (C(OH)–C–C–N with tert-alkyl or cyclic N) is 1. The second-order valence-corrected chi connectivity index (χ2v) is 6.67. The van der Waals surface area contributed by atoms with E-state index in [0.29, 0.717) is 16.5 Å². The Kier molecular flexibility index (Phi) is 3.52. The summed E-state index contributed by atoms with van der Waals surface area (Å²) in [4.78, 5) is 28.0. The first kappa shape index (κ1) is 13.9. The Morgan fingerprint density at radius 1 is 1.32 bits per heavy atom. The van der Waals surface area contributed by atoms with Crippen molar-refractivity contribution < 1.29 is 24.6 Å². The third kappa shape index (κ3) is 3.14. The molecule has 0 bridgehead atoms. The molecule has 2 aromatic carbocycles. The van der Waals surface area contributed by atoms with Crippen LogP contribution in [0, 0.1) is 5.82 Å². The minimum absolute atomic E-state index is 0.0229. The number of aliphatic hydroxyl groups is 1. The molecular formula is C21H20FN3O3. The van der Waals surface area contributed by atoms with Crippen LogP contribution in [0.3, 0.4) is 0 Å². The first-order chi connectivity index (χ1) is 15.1. The fourth-order valence-corrected chi connectivity index (χ4v) is 3.41. The zero-order chi connectivity index (χ0) is 23.3. The van der Waals surface area contributed by atoms with Crippen LogP contribution in [0.1, 0.15) is 23.9 Å². The number of aliphatic hydroxyl groups excluding tert-OH is 1. The molecule has 3 aromatic rings. The Balaban J connectivity index is 1.87. The number of benzene rings is 2. The third-order valence-electron chi connectivity index (χ3n) is 4.87. The van der Waals surface area contributed by atoms with Crippen molar-refractivity contribution >= 4 is 22.7 Å². The molecule has 4 rings (SSSR count). The summed E-state index contributed by atoms with van der Waals surface area (Å²) in [5.74, 6) is -3.24. The van der Waals surface area contributed by atoms with Crippen LogP contribution >= 0.6 is 0 Å². The van der Waals surface area contributed by atoms with Gasteiger partial charge in [-0.2, -0.15) is 0 Å². The summed E-state index contributed by atoms with van der Waals surface area (Å²) in [7, 11) is 0. The summed E-state index contributed by atoms with van der Waals surface area (Å²) >= 11 is 0. The lowest BCUT2D eigenvalue weighted by molar-refractivity contribution is -0.129. The molecule has 0 saturated carbocycles. The van der Waals surface area contributed by atoms with E-state index in [2.05, 4.69) is 15.6 Å². The number of H-pyrrole nitrogens is 1. The van der Waals surface area contributed by atoms with Crippen molar-refractivity contribution in [2.24, 2.45) is 0 Å². The first-order valence-electron chi connectivity index (χ1n) is 10.8. The predicted molar refractivity (Wildman–Crippen MR) is 103 cm³/mol. The average molecular weight is 385 g/mol. The first-order valence-corrected chi connectivity index (χ1v) is 8.76. The van der Waals surface area contributed by atoms with Crippen molar-refractivity contribution in [3.8, 4) is 11.3 Å². The molecule has 2 heterocycles. The summed E-state index contributed by atoms with van der Waals surface area (Å²) in [6.45, 7) is 1.59. The van der Waals surface area contributed by atoms with Crippen LogP contribution in [0.2, 0.25) is 0 Å². The van der Waals surface area contributed by atoms with E-state index >= 15 is 0 Å². The molecule has 144 valence electrons. The maximum Gasteiger partial charge on any atom is 0.245 e. The van der Waals surface area contributed by atoms with Crippen molar-refractivity contribution in [1.29, 1.82) is 0 Å². The van der Waals surface area contributed by atoms with Crippen LogP contribution in [0.15, 0.2) is 48.4 Å². The number of aromatic nitrogens is 1. The normalized spacial score (nSPS) is 22.2. The highest BCUT2D eigenvalue weighted by Crippen LogP contribution is 2.36. The summed E-state index contributed by atoms with van der Waals surface area (Å²) in [6, 6.07) is 3.05. The van der Waals surface area contributed by atoms with Crippen LogP contribution in [0.5, 0.6) is 0 Å². The zero-order valence-corrected chi connectivity index (χ0v) is 14.9. The number of aromatic amines is 1. The van der Waals surface area contributed by atoms with Gasteiger partial charge < -0.3 is 20.7 Å². The maximum absolute atomic E-state index is 14.1. The standard InChI is InChI=1S/C21H20FN3O3/c1-11(20(27)25-19-16(26)10-23-21(19)28)17-14-4-2-3-5-15(14)24-18(17)12-6-8-13(22)9-7-12/h2-9,11,16,19,24,26H,10H2,1H3,(H,23,28)(H,25,27)/t11?,16-,19+/m1/s1/i6D,7D,8D,9D. The Labute approximate surface area is 166 Å². The van der Waals surface area contributed by atoms with Gasteiger partial charge >= 0.3 is 0 Å². The molecule has 7 heteroatoms. The smallest absolute Gasteiger partial charge is 0.245 e. The maximum atomic E-state index is 14.1. The number of carbonyl (C=O) groups is 2. The Morgan fingerprint density at radius 2 is 2.04 bits per heavy atom. The second-order valence-electron chi connectivity index (χ2n) is 6.67. The summed E-state index contributed by atoms with van der Waals surface area (Å²) in [5, 5.41) is 15.5. The van der Waals surface area contributed by atoms with Gasteiger partial charge in [0, 0.05) is 17.4 Å². The largest absolute Gasteiger partial charge is 0.389 e. The average Bonchev–Trinajstić information content (AvgIpc) is 3.30. The molecule has 1 unspecified atom stereocenters. The Hall–Kier alpha value is -3.19. The predicted octanol–water partition coefficient (Wildman–Crippen LogP) is 2.05. The van der Waals surface area contributed by atoms with Crippen LogP contribution in [0.25, 0.3) is 22.2 Å². The molecule has 1 aromatic heterocycles. The van der Waals surface area contributed by atoms with Gasteiger partial charge in [0.1, 0.15) is 18.0 Å². The number of hydrogen-bond acceptors (Lipinski definition) is 3. The topological polar surface area (TPSA) is 94.2 Å². The molecular weight excluding hydrogens is 361 g/mol. The van der Waals surface area contributed by atoms with Crippen molar-refractivity contribution in [1.82, 2.24) is 15.6 Å². The minimum atomic E-state index is -1.26. The number of halogens is 1. The highest BCUT2D eigenvalue weighted by molar-refractivity contribution is 5.99. The third-order valence-corrected chi connectivity index (χ3v) is 4.87. The van der Waals surface area contributed by atoms with E-state index in [1.54, 1.807) is 31.2 Å². The van der Waals surface area contributed by atoms with Crippen LogP contribution < -0.4 is 10.6 Å². The van der Waals surface area contributed by atoms with E-state index in [9.17, 15) is 19.1 Å². The van der Waals surface area contributed by atoms with Crippen molar-refractivity contribution in [3.05, 3.63) is 59.8 Å². The fourth-order valence-electron chi connectivity index (χ4n) is 3.41. The zero-order valence-electron chi connectivity index (χ0n) is 18.9. The molecule has 0 aliphatic carbocycles.